The third-order valence-corrected chi connectivity index (χ3v) is 1.43. The fraction of sp³-hybridized carbons (Fsp3) is 0.800. The quantitative estimate of drug-likeness (QED) is 0.587. The van der Waals surface area contributed by atoms with Gasteiger partial charge in [0, 0.05) is 0 Å². The van der Waals surface area contributed by atoms with Crippen molar-refractivity contribution < 1.29 is 9.90 Å². The van der Waals surface area contributed by atoms with Gasteiger partial charge in [-0.3, -0.25) is 4.79 Å². The average Bonchev–Trinajstić information content (AvgIpc) is 2.17. The summed E-state index contributed by atoms with van der Waals surface area (Å²) in [6.45, 7) is 1.96. The maximum Gasteiger partial charge on any atom is 0.306 e. The number of rotatable bonds is 1. The third kappa shape index (κ3) is 1.37. The van der Waals surface area contributed by atoms with Gasteiger partial charge < -0.3 is 5.11 Å². The van der Waals surface area contributed by atoms with Crippen molar-refractivity contribution in [1.82, 2.24) is 0 Å². The van der Waals surface area contributed by atoms with Crippen LogP contribution < -0.4 is 0 Å². The van der Waals surface area contributed by atoms with Crippen LogP contribution in [0.5, 0.6) is 0 Å². The zero-order valence-electron chi connectivity index (χ0n) is 4.63. The van der Waals surface area contributed by atoms with Crippen LogP contribution in [0.4, 0.5) is 0 Å². The molecule has 2 unspecified atom stereocenters. The summed E-state index contributed by atoms with van der Waals surface area (Å²) < 4.78 is 0. The number of carboxylic acids is 1. The topological polar surface area (TPSA) is 37.3 Å². The van der Waals surface area contributed by atoms with Crippen LogP contribution in [0.15, 0.2) is 0 Å². The molecule has 8 heavy (non-hydrogen) atoms. The Bertz CT molecular complexity index is 103. The van der Waals surface area contributed by atoms with E-state index in [1.807, 2.05) is 6.92 Å². The Labute approximate surface area is 54.3 Å². The lowest BCUT2D eigenvalue weighted by atomic mass is 10.3. The minimum Gasteiger partial charge on any atom is -0.481 e. The van der Waals surface area contributed by atoms with E-state index in [-0.39, 0.29) is 18.3 Å². The highest BCUT2D eigenvalue weighted by molar-refractivity contribution is 5.85. The summed E-state index contributed by atoms with van der Waals surface area (Å²) in [5.74, 6) is -0.204. The van der Waals surface area contributed by atoms with Crippen molar-refractivity contribution in [3.8, 4) is 0 Å². The summed E-state index contributed by atoms with van der Waals surface area (Å²) in [5, 5.41) is 8.22. The monoisotopic (exact) mass is 136 g/mol. The molecule has 3 heteroatoms. The molecule has 0 aromatic carbocycles. The molecule has 0 radical (unpaired) electrons. The van der Waals surface area contributed by atoms with Gasteiger partial charge in [0.05, 0.1) is 5.92 Å². The highest BCUT2D eigenvalue weighted by atomic mass is 35.5. The smallest absolute Gasteiger partial charge is 0.306 e. The van der Waals surface area contributed by atoms with E-state index in [0.29, 0.717) is 5.92 Å². The van der Waals surface area contributed by atoms with Crippen molar-refractivity contribution in [3.63, 3.8) is 0 Å². The Morgan fingerprint density at radius 3 is 2.12 bits per heavy atom. The van der Waals surface area contributed by atoms with Gasteiger partial charge in [0.2, 0.25) is 0 Å². The van der Waals surface area contributed by atoms with E-state index in [1.54, 1.807) is 0 Å². The molecule has 0 bridgehead atoms. The largest absolute Gasteiger partial charge is 0.481 e. The van der Waals surface area contributed by atoms with Crippen LogP contribution in [0.1, 0.15) is 13.3 Å². The molecule has 0 heterocycles. The number of halogens is 1. The minimum atomic E-state index is -0.632. The van der Waals surface area contributed by atoms with Crippen molar-refractivity contribution in [2.45, 2.75) is 13.3 Å². The summed E-state index contributed by atoms with van der Waals surface area (Å²) >= 11 is 0. The van der Waals surface area contributed by atoms with Crippen LogP contribution >= 0.6 is 12.4 Å². The minimum absolute atomic E-state index is 0. The van der Waals surface area contributed by atoms with Crippen LogP contribution in [0.2, 0.25) is 0 Å². The van der Waals surface area contributed by atoms with Gasteiger partial charge in [-0.25, -0.2) is 0 Å². The molecular formula is C5H9ClO2. The molecule has 0 saturated heterocycles. The SMILES string of the molecule is CC1CC1C(=O)O.Cl. The van der Waals surface area contributed by atoms with Gasteiger partial charge in [-0.1, -0.05) is 6.92 Å². The molecule has 1 saturated carbocycles. The number of hydrogen-bond donors (Lipinski definition) is 1. The molecule has 1 N–H and O–H groups in total. The van der Waals surface area contributed by atoms with Crippen molar-refractivity contribution in [3.05, 3.63) is 0 Å². The number of hydrogen-bond acceptors (Lipinski definition) is 1. The van der Waals surface area contributed by atoms with E-state index in [1.165, 1.54) is 0 Å². The first kappa shape index (κ1) is 7.76. The zero-order chi connectivity index (χ0) is 5.44. The van der Waals surface area contributed by atoms with E-state index in [9.17, 15) is 4.79 Å². The van der Waals surface area contributed by atoms with Crippen LogP contribution in [-0.4, -0.2) is 11.1 Å². The molecule has 1 aliphatic carbocycles. The number of carboxylic acid groups (broad SMARTS) is 1. The third-order valence-electron chi connectivity index (χ3n) is 1.43. The first-order chi connectivity index (χ1) is 3.22. The molecule has 1 fully saturated rings. The van der Waals surface area contributed by atoms with Gasteiger partial charge in [-0.05, 0) is 12.3 Å². The predicted octanol–water partition coefficient (Wildman–Crippen LogP) is 1.15. The fourth-order valence-corrected chi connectivity index (χ4v) is 0.666. The molecule has 0 aromatic rings. The van der Waals surface area contributed by atoms with Crippen molar-refractivity contribution in [2.75, 3.05) is 0 Å². The molecule has 0 spiro atoms. The predicted molar refractivity (Wildman–Crippen MR) is 32.2 cm³/mol. The van der Waals surface area contributed by atoms with Crippen molar-refractivity contribution in [1.29, 1.82) is 0 Å². The molecule has 0 aliphatic heterocycles. The lowest BCUT2D eigenvalue weighted by Gasteiger charge is -1.79. The average molecular weight is 137 g/mol. The summed E-state index contributed by atoms with van der Waals surface area (Å²) in [4.78, 5) is 9.97. The Morgan fingerprint density at radius 2 is 2.12 bits per heavy atom. The Balaban J connectivity index is 0.000000490. The lowest BCUT2D eigenvalue weighted by molar-refractivity contribution is -0.138. The standard InChI is InChI=1S/C5H8O2.ClH/c1-3-2-4(3)5(6)7;/h3-4H,2H2,1H3,(H,6,7);1H. The maximum atomic E-state index is 9.97. The maximum absolute atomic E-state index is 9.97. The van der Waals surface area contributed by atoms with Crippen LogP contribution in [0, 0.1) is 11.8 Å². The first-order valence-electron chi connectivity index (χ1n) is 2.44. The number of carbonyl (C=O) groups is 1. The van der Waals surface area contributed by atoms with E-state index in [4.69, 9.17) is 5.11 Å². The Kier molecular flexibility index (Phi) is 2.28. The van der Waals surface area contributed by atoms with E-state index in [0.717, 1.165) is 6.42 Å². The van der Waals surface area contributed by atoms with Gasteiger partial charge in [0.1, 0.15) is 0 Å². The highest BCUT2D eigenvalue weighted by Gasteiger charge is 2.38. The second-order valence-corrected chi connectivity index (χ2v) is 2.16. The van der Waals surface area contributed by atoms with Crippen LogP contribution in [0.3, 0.4) is 0 Å². The summed E-state index contributed by atoms with van der Waals surface area (Å²) in [6.07, 6.45) is 0.884. The molecule has 0 amide bonds. The molecule has 0 aromatic heterocycles. The first-order valence-corrected chi connectivity index (χ1v) is 2.44. The number of aliphatic carboxylic acids is 1. The Hall–Kier alpha value is -0.240. The van der Waals surface area contributed by atoms with Gasteiger partial charge in [-0.15, -0.1) is 12.4 Å². The molecule has 1 rings (SSSR count). The Morgan fingerprint density at radius 1 is 1.75 bits per heavy atom. The summed E-state index contributed by atoms with van der Waals surface area (Å²) in [5.41, 5.74) is 0. The highest BCUT2D eigenvalue weighted by Crippen LogP contribution is 2.37. The molecule has 2 nitrogen and oxygen atoms in total. The van der Waals surface area contributed by atoms with Crippen LogP contribution in [-0.2, 0) is 4.79 Å². The summed E-state index contributed by atoms with van der Waals surface area (Å²) in [6, 6.07) is 0. The zero-order valence-corrected chi connectivity index (χ0v) is 5.44. The van der Waals surface area contributed by atoms with Gasteiger partial charge in [-0.2, -0.15) is 0 Å². The molecular weight excluding hydrogens is 128 g/mol. The van der Waals surface area contributed by atoms with Crippen LogP contribution in [0.25, 0.3) is 0 Å². The second kappa shape index (κ2) is 2.35. The van der Waals surface area contributed by atoms with E-state index < -0.39 is 5.97 Å². The van der Waals surface area contributed by atoms with Gasteiger partial charge in [0.15, 0.2) is 0 Å². The van der Waals surface area contributed by atoms with E-state index >= 15 is 0 Å². The molecule has 1 aliphatic rings. The van der Waals surface area contributed by atoms with E-state index in [2.05, 4.69) is 0 Å². The summed E-state index contributed by atoms with van der Waals surface area (Å²) in [7, 11) is 0. The molecule has 48 valence electrons. The van der Waals surface area contributed by atoms with Crippen molar-refractivity contribution >= 4 is 18.4 Å². The van der Waals surface area contributed by atoms with Crippen molar-refractivity contribution in [2.24, 2.45) is 11.8 Å². The normalized spacial score (nSPS) is 33.1. The lowest BCUT2D eigenvalue weighted by Crippen LogP contribution is -1.97. The second-order valence-electron chi connectivity index (χ2n) is 2.16. The molecule has 2 atom stereocenters. The van der Waals surface area contributed by atoms with Gasteiger partial charge in [0.25, 0.3) is 0 Å². The van der Waals surface area contributed by atoms with Gasteiger partial charge >= 0.3 is 5.97 Å². The fourth-order valence-electron chi connectivity index (χ4n) is 0.666.